The Balaban J connectivity index is 2.29. The Bertz CT molecular complexity index is 393. The largest absolute Gasteiger partial charge is 0.380 e. The van der Waals surface area contributed by atoms with E-state index in [1.54, 1.807) is 11.9 Å². The topological polar surface area (TPSA) is 37.4 Å². The van der Waals surface area contributed by atoms with Crippen molar-refractivity contribution in [2.75, 3.05) is 43.6 Å². The van der Waals surface area contributed by atoms with Crippen molar-refractivity contribution in [3.8, 4) is 0 Å². The van der Waals surface area contributed by atoms with Crippen LogP contribution in [0.5, 0.6) is 0 Å². The molecule has 1 aromatic heterocycles. The lowest BCUT2D eigenvalue weighted by Gasteiger charge is -2.21. The van der Waals surface area contributed by atoms with Crippen LogP contribution in [-0.4, -0.2) is 38.3 Å². The van der Waals surface area contributed by atoms with Crippen LogP contribution in [-0.2, 0) is 4.74 Å². The van der Waals surface area contributed by atoms with Crippen LogP contribution in [0.1, 0.15) is 6.42 Å². The van der Waals surface area contributed by atoms with E-state index in [1.165, 1.54) is 0 Å². The lowest BCUT2D eigenvalue weighted by atomic mass is 10.3. The van der Waals surface area contributed by atoms with Crippen LogP contribution >= 0.6 is 0 Å². The predicted molar refractivity (Wildman–Crippen MR) is 61.3 cm³/mol. The number of rotatable bonds is 2. The van der Waals surface area contributed by atoms with Gasteiger partial charge in [-0.3, -0.25) is 0 Å². The van der Waals surface area contributed by atoms with Crippen molar-refractivity contribution in [1.29, 1.82) is 0 Å². The zero-order valence-corrected chi connectivity index (χ0v) is 9.67. The Labute approximate surface area is 98.6 Å². The SMILES string of the molecule is CNc1nc(N2CCCOCC2)c(F)cc1F. The van der Waals surface area contributed by atoms with Crippen LogP contribution in [0.4, 0.5) is 20.4 Å². The molecule has 94 valence electrons. The average molecular weight is 243 g/mol. The first-order chi connectivity index (χ1) is 8.22. The molecule has 17 heavy (non-hydrogen) atoms. The molecule has 0 radical (unpaired) electrons. The van der Waals surface area contributed by atoms with Gasteiger partial charge in [0, 0.05) is 32.8 Å². The summed E-state index contributed by atoms with van der Waals surface area (Å²) in [5.41, 5.74) is 0. The van der Waals surface area contributed by atoms with Crippen LogP contribution in [0.2, 0.25) is 0 Å². The zero-order chi connectivity index (χ0) is 12.3. The monoisotopic (exact) mass is 243 g/mol. The van der Waals surface area contributed by atoms with Crippen molar-refractivity contribution in [3.05, 3.63) is 17.7 Å². The summed E-state index contributed by atoms with van der Waals surface area (Å²) in [4.78, 5) is 5.75. The second kappa shape index (κ2) is 5.27. The highest BCUT2D eigenvalue weighted by Gasteiger charge is 2.18. The number of nitrogens with zero attached hydrogens (tertiary/aromatic N) is 2. The highest BCUT2D eigenvalue weighted by molar-refractivity contribution is 5.49. The second-order valence-corrected chi connectivity index (χ2v) is 3.83. The number of ether oxygens (including phenoxy) is 1. The first-order valence-electron chi connectivity index (χ1n) is 5.59. The van der Waals surface area contributed by atoms with Gasteiger partial charge in [-0.25, -0.2) is 13.8 Å². The highest BCUT2D eigenvalue weighted by atomic mass is 19.1. The lowest BCUT2D eigenvalue weighted by Crippen LogP contribution is -2.28. The molecule has 1 aromatic rings. The third kappa shape index (κ3) is 2.63. The molecule has 4 nitrogen and oxygen atoms in total. The minimum atomic E-state index is -0.681. The van der Waals surface area contributed by atoms with Crippen molar-refractivity contribution in [2.24, 2.45) is 0 Å². The number of aromatic nitrogens is 1. The Hall–Kier alpha value is -1.43. The van der Waals surface area contributed by atoms with Crippen LogP contribution < -0.4 is 10.2 Å². The van der Waals surface area contributed by atoms with Crippen LogP contribution in [0.3, 0.4) is 0 Å². The Morgan fingerprint density at radius 2 is 2.12 bits per heavy atom. The first kappa shape index (κ1) is 12.0. The van der Waals surface area contributed by atoms with E-state index in [2.05, 4.69) is 10.3 Å². The van der Waals surface area contributed by atoms with Gasteiger partial charge in [-0.15, -0.1) is 0 Å². The number of hydrogen-bond donors (Lipinski definition) is 1. The van der Waals surface area contributed by atoms with E-state index < -0.39 is 11.6 Å². The maximum atomic E-state index is 13.7. The lowest BCUT2D eigenvalue weighted by molar-refractivity contribution is 0.152. The molecule has 0 unspecified atom stereocenters. The van der Waals surface area contributed by atoms with Crippen LogP contribution in [0.25, 0.3) is 0 Å². The van der Waals surface area contributed by atoms with Gasteiger partial charge >= 0.3 is 0 Å². The number of halogens is 2. The van der Waals surface area contributed by atoms with Gasteiger partial charge < -0.3 is 15.0 Å². The zero-order valence-electron chi connectivity index (χ0n) is 9.67. The van der Waals surface area contributed by atoms with Gasteiger partial charge in [0.2, 0.25) is 0 Å². The minimum Gasteiger partial charge on any atom is -0.380 e. The van der Waals surface area contributed by atoms with Crippen molar-refractivity contribution < 1.29 is 13.5 Å². The number of anilines is 2. The van der Waals surface area contributed by atoms with E-state index in [0.717, 1.165) is 12.5 Å². The van der Waals surface area contributed by atoms with Gasteiger partial charge in [0.05, 0.1) is 6.61 Å². The predicted octanol–water partition coefficient (Wildman–Crippen LogP) is 1.63. The normalized spacial score (nSPS) is 16.8. The van der Waals surface area contributed by atoms with E-state index >= 15 is 0 Å². The number of pyridine rings is 1. The summed E-state index contributed by atoms with van der Waals surface area (Å²) in [6.45, 7) is 2.43. The molecule has 1 N–H and O–H groups in total. The van der Waals surface area contributed by atoms with E-state index in [4.69, 9.17) is 4.74 Å². The summed E-state index contributed by atoms with van der Waals surface area (Å²) in [7, 11) is 1.55. The van der Waals surface area contributed by atoms with Crippen molar-refractivity contribution in [2.45, 2.75) is 6.42 Å². The fraction of sp³-hybridized carbons (Fsp3) is 0.545. The van der Waals surface area contributed by atoms with Crippen molar-refractivity contribution >= 4 is 11.6 Å². The molecule has 1 aliphatic rings. The van der Waals surface area contributed by atoms with Crippen LogP contribution in [0.15, 0.2) is 6.07 Å². The minimum absolute atomic E-state index is 0.0616. The third-order valence-corrected chi connectivity index (χ3v) is 2.67. The fourth-order valence-corrected chi connectivity index (χ4v) is 1.81. The van der Waals surface area contributed by atoms with E-state index in [9.17, 15) is 8.78 Å². The summed E-state index contributed by atoms with van der Waals surface area (Å²) in [5, 5.41) is 2.61. The second-order valence-electron chi connectivity index (χ2n) is 3.83. The Morgan fingerprint density at radius 1 is 1.29 bits per heavy atom. The standard InChI is InChI=1S/C11H15F2N3O/c1-14-10-8(12)7-9(13)11(15-10)16-3-2-5-17-6-4-16/h7H,2-6H2,1H3,(H,14,15). The molecule has 0 aliphatic carbocycles. The molecule has 1 fully saturated rings. The van der Waals surface area contributed by atoms with Crippen molar-refractivity contribution in [1.82, 2.24) is 4.98 Å². The summed E-state index contributed by atoms with van der Waals surface area (Å²) < 4.78 is 32.2. The molecule has 0 amide bonds. The number of hydrogen-bond acceptors (Lipinski definition) is 4. The van der Waals surface area contributed by atoms with Crippen LogP contribution in [0, 0.1) is 11.6 Å². The van der Waals surface area contributed by atoms with Gasteiger partial charge in [-0.1, -0.05) is 0 Å². The highest BCUT2D eigenvalue weighted by Crippen LogP contribution is 2.22. The molecule has 1 saturated heterocycles. The molecular formula is C11H15F2N3O. The fourth-order valence-electron chi connectivity index (χ4n) is 1.81. The van der Waals surface area contributed by atoms with Gasteiger partial charge in [-0.05, 0) is 6.42 Å². The number of nitrogens with one attached hydrogen (secondary N) is 1. The third-order valence-electron chi connectivity index (χ3n) is 2.67. The van der Waals surface area contributed by atoms with E-state index in [1.807, 2.05) is 0 Å². The summed E-state index contributed by atoms with van der Waals surface area (Å²) >= 11 is 0. The van der Waals surface area contributed by atoms with E-state index in [0.29, 0.717) is 26.3 Å². The molecule has 0 atom stereocenters. The smallest absolute Gasteiger partial charge is 0.168 e. The summed E-state index contributed by atoms with van der Waals surface area (Å²) in [5.74, 6) is -1.07. The van der Waals surface area contributed by atoms with Gasteiger partial charge in [0.25, 0.3) is 0 Å². The van der Waals surface area contributed by atoms with Gasteiger partial charge in [-0.2, -0.15) is 0 Å². The average Bonchev–Trinajstić information content (AvgIpc) is 2.58. The maximum absolute atomic E-state index is 13.7. The summed E-state index contributed by atoms with van der Waals surface area (Å²) in [6, 6.07) is 0.861. The molecule has 0 saturated carbocycles. The molecule has 0 spiro atoms. The molecule has 0 bridgehead atoms. The quantitative estimate of drug-likeness (QED) is 0.856. The van der Waals surface area contributed by atoms with E-state index in [-0.39, 0.29) is 11.6 Å². The maximum Gasteiger partial charge on any atom is 0.168 e. The molecule has 6 heteroatoms. The molecule has 0 aromatic carbocycles. The molecular weight excluding hydrogens is 228 g/mol. The Kier molecular flexibility index (Phi) is 3.73. The van der Waals surface area contributed by atoms with Gasteiger partial charge in [0.1, 0.15) is 0 Å². The molecule has 2 heterocycles. The van der Waals surface area contributed by atoms with Gasteiger partial charge in [0.15, 0.2) is 23.3 Å². The summed E-state index contributed by atoms with van der Waals surface area (Å²) in [6.07, 6.45) is 0.813. The first-order valence-corrected chi connectivity index (χ1v) is 5.59. The van der Waals surface area contributed by atoms with Crippen molar-refractivity contribution in [3.63, 3.8) is 0 Å². The molecule has 2 rings (SSSR count). The molecule has 1 aliphatic heterocycles. The Morgan fingerprint density at radius 3 is 2.88 bits per heavy atom.